The molecule has 0 amide bonds. The predicted octanol–water partition coefficient (Wildman–Crippen LogP) is 6.31. The Morgan fingerprint density at radius 3 is 1.76 bits per heavy atom. The van der Waals surface area contributed by atoms with Gasteiger partial charge >= 0.3 is 0 Å². The van der Waals surface area contributed by atoms with Gasteiger partial charge in [-0.1, -0.05) is 38.0 Å². The Labute approximate surface area is 160 Å². The van der Waals surface area contributed by atoms with Crippen molar-refractivity contribution < 1.29 is 37.5 Å². The molecule has 0 spiro atoms. The zero-order valence-electron chi connectivity index (χ0n) is 15.3. The fourth-order valence-corrected chi connectivity index (χ4v) is 1.41. The summed E-state index contributed by atoms with van der Waals surface area (Å²) in [7, 11) is 0.922. The minimum Gasteiger partial charge on any atom is -0.499 e. The molecule has 0 fully saturated rings. The van der Waals surface area contributed by atoms with Crippen LogP contribution in [-0.2, 0) is 37.5 Å². The van der Waals surface area contributed by atoms with E-state index < -0.39 is 0 Å². The Balaban J connectivity index is -0.000000103. The van der Waals surface area contributed by atoms with E-state index in [1.807, 2.05) is 39.6 Å². The number of ketones is 1. The molecule has 0 saturated heterocycles. The van der Waals surface area contributed by atoms with Gasteiger partial charge in [-0.3, -0.25) is 4.79 Å². The smallest absolute Gasteiger partial charge is 0.157 e. The zero-order chi connectivity index (χ0) is 16.4. The predicted molar refractivity (Wildman–Crippen MR) is 96.8 cm³/mol. The van der Waals surface area contributed by atoms with Gasteiger partial charge in [0.25, 0.3) is 0 Å². The van der Waals surface area contributed by atoms with Crippen LogP contribution >= 0.6 is 8.58 Å². The minimum absolute atomic E-state index is 0. The Morgan fingerprint density at radius 2 is 1.67 bits per heavy atom. The van der Waals surface area contributed by atoms with Crippen molar-refractivity contribution in [3.8, 4) is 0 Å². The molecular formula is C18H34OPY-. The van der Waals surface area contributed by atoms with Gasteiger partial charge in [0.2, 0.25) is 0 Å². The quantitative estimate of drug-likeness (QED) is 0.234. The number of hydrogen-bond donors (Lipinski definition) is 0. The van der Waals surface area contributed by atoms with Gasteiger partial charge < -0.3 is 6.08 Å². The molecule has 1 unspecified atom stereocenters. The van der Waals surface area contributed by atoms with Crippen molar-refractivity contribution in [1.29, 1.82) is 0 Å². The van der Waals surface area contributed by atoms with Crippen LogP contribution in [0.4, 0.5) is 0 Å². The molecule has 0 N–H and O–H groups in total. The molecule has 0 aliphatic carbocycles. The largest absolute Gasteiger partial charge is 0.499 e. The third kappa shape index (κ3) is 29.1. The summed E-state index contributed by atoms with van der Waals surface area (Å²) in [4.78, 5) is 10.7. The van der Waals surface area contributed by atoms with Crippen LogP contribution in [0.25, 0.3) is 0 Å². The Hall–Kier alpha value is 0.424. The van der Waals surface area contributed by atoms with Crippen LogP contribution in [0.3, 0.4) is 0 Å². The first-order valence-electron chi connectivity index (χ1n) is 7.38. The summed E-state index contributed by atoms with van der Waals surface area (Å²) in [5, 5.41) is 0. The summed E-state index contributed by atoms with van der Waals surface area (Å²) in [6, 6.07) is 0. The fourth-order valence-electron chi connectivity index (χ4n) is 1.12. The first kappa shape index (κ1) is 29.4. The van der Waals surface area contributed by atoms with Gasteiger partial charge in [0, 0.05) is 39.1 Å². The maximum absolute atomic E-state index is 10.7. The zero-order valence-corrected chi connectivity index (χ0v) is 19.2. The van der Waals surface area contributed by atoms with E-state index in [-0.39, 0.29) is 38.5 Å². The van der Waals surface area contributed by atoms with Gasteiger partial charge in [0.1, 0.15) is 0 Å². The fraction of sp³-hybridized carbons (Fsp3) is 0.611. The standard InChI is InChI=1S/C7H12O.C7H14.C4H8P.Y/c1-4-6(3)7(8)5-2;1-4-6-7(3)5-2;1-3-4-5-2;/h4H,5H2,1-3H3;5H,4,6H2,1-3H3;4-5H,1-2H3;/q;;-1;. The number of carbonyl (C=O) groups excluding carboxylic acids is 1. The SMILES string of the molecule is CC=C(C)C(=O)CC.CC=C(C)CCC.C[C-]=CPC.[Y]. The second-order valence-corrected chi connectivity index (χ2v) is 5.22. The Morgan fingerprint density at radius 1 is 1.14 bits per heavy atom. The minimum atomic E-state index is 0. The monoisotopic (exact) mass is 386 g/mol. The molecule has 0 aliphatic heterocycles. The third-order valence-corrected chi connectivity index (χ3v) is 3.20. The molecular weight excluding hydrogens is 352 g/mol. The van der Waals surface area contributed by atoms with Crippen molar-refractivity contribution in [1.82, 2.24) is 0 Å². The molecule has 0 aliphatic rings. The van der Waals surface area contributed by atoms with Crippen molar-refractivity contribution in [2.24, 2.45) is 0 Å². The van der Waals surface area contributed by atoms with E-state index in [2.05, 4.69) is 39.6 Å². The molecule has 1 atom stereocenters. The van der Waals surface area contributed by atoms with Crippen LogP contribution in [0.5, 0.6) is 0 Å². The number of hydrogen-bond acceptors (Lipinski definition) is 1. The summed E-state index contributed by atoms with van der Waals surface area (Å²) >= 11 is 0. The first-order chi connectivity index (χ1) is 9.44. The van der Waals surface area contributed by atoms with Gasteiger partial charge in [0.15, 0.2) is 5.78 Å². The molecule has 21 heavy (non-hydrogen) atoms. The van der Waals surface area contributed by atoms with Crippen molar-refractivity contribution in [3.05, 3.63) is 35.2 Å². The van der Waals surface area contributed by atoms with Gasteiger partial charge in [-0.05, 0) is 46.4 Å². The normalized spacial score (nSPS) is 11.4. The topological polar surface area (TPSA) is 17.1 Å². The third-order valence-electron chi connectivity index (χ3n) is 2.62. The molecule has 1 radical (unpaired) electrons. The number of Topliss-reactive ketones (excluding diaryl/α,β-unsaturated/α-hetero) is 1. The molecule has 0 rings (SSSR count). The van der Waals surface area contributed by atoms with Crippen LogP contribution < -0.4 is 0 Å². The summed E-state index contributed by atoms with van der Waals surface area (Å²) in [6.07, 6.45) is 10.1. The molecule has 0 bridgehead atoms. The molecule has 0 aromatic heterocycles. The van der Waals surface area contributed by atoms with Crippen LogP contribution in [0.1, 0.15) is 67.7 Å². The van der Waals surface area contributed by atoms with Crippen LogP contribution in [-0.4, -0.2) is 12.4 Å². The second-order valence-electron chi connectivity index (χ2n) is 4.36. The van der Waals surface area contributed by atoms with Crippen LogP contribution in [0, 0.1) is 6.08 Å². The Bertz CT molecular complexity index is 304. The average Bonchev–Trinajstić information content (AvgIpc) is 2.47. The molecule has 0 aromatic rings. The summed E-state index contributed by atoms with van der Waals surface area (Å²) < 4.78 is 0. The van der Waals surface area contributed by atoms with Crippen molar-refractivity contribution >= 4 is 14.4 Å². The maximum Gasteiger partial charge on any atom is 0.157 e. The number of rotatable bonds is 5. The number of carbonyl (C=O) groups is 1. The van der Waals surface area contributed by atoms with Crippen molar-refractivity contribution in [3.63, 3.8) is 0 Å². The van der Waals surface area contributed by atoms with E-state index in [9.17, 15) is 4.79 Å². The molecule has 3 heteroatoms. The van der Waals surface area contributed by atoms with Gasteiger partial charge in [-0.25, -0.2) is 5.82 Å². The molecule has 0 saturated carbocycles. The van der Waals surface area contributed by atoms with E-state index in [0.717, 1.165) is 14.2 Å². The summed E-state index contributed by atoms with van der Waals surface area (Å²) in [5.74, 6) is 2.27. The van der Waals surface area contributed by atoms with E-state index in [0.29, 0.717) is 6.42 Å². The van der Waals surface area contributed by atoms with Crippen LogP contribution in [0.2, 0.25) is 0 Å². The number of allylic oxidation sites excluding steroid dienone is 5. The Kier molecular flexibility index (Phi) is 35.6. The average molecular weight is 386 g/mol. The molecule has 0 aromatic carbocycles. The van der Waals surface area contributed by atoms with E-state index in [1.54, 1.807) is 0 Å². The molecule has 0 heterocycles. The summed E-state index contributed by atoms with van der Waals surface area (Å²) in [6.45, 7) is 16.1. The maximum atomic E-state index is 10.7. The van der Waals surface area contributed by atoms with E-state index >= 15 is 0 Å². The summed E-state index contributed by atoms with van der Waals surface area (Å²) in [5.41, 5.74) is 2.37. The first-order valence-corrected chi connectivity index (χ1v) is 8.96. The van der Waals surface area contributed by atoms with Crippen molar-refractivity contribution in [2.75, 3.05) is 6.66 Å². The second kappa shape index (κ2) is 25.4. The van der Waals surface area contributed by atoms with Gasteiger partial charge in [-0.2, -0.15) is 6.92 Å². The van der Waals surface area contributed by atoms with Gasteiger partial charge in [-0.15, -0.1) is 8.58 Å². The van der Waals surface area contributed by atoms with Crippen LogP contribution in [0.15, 0.2) is 29.1 Å². The molecule has 1 nitrogen and oxygen atoms in total. The van der Waals surface area contributed by atoms with Gasteiger partial charge in [0.05, 0.1) is 0 Å². The van der Waals surface area contributed by atoms with E-state index in [1.165, 1.54) is 18.4 Å². The molecule has 121 valence electrons. The van der Waals surface area contributed by atoms with Crippen molar-refractivity contribution in [2.45, 2.75) is 67.7 Å². The van der Waals surface area contributed by atoms with E-state index in [4.69, 9.17) is 0 Å².